The van der Waals surface area contributed by atoms with Crippen LogP contribution in [0, 0.1) is 22.7 Å². The lowest BCUT2D eigenvalue weighted by Gasteiger charge is -2.64. The average Bonchev–Trinajstić information content (AvgIpc) is 3.08. The summed E-state index contributed by atoms with van der Waals surface area (Å²) >= 11 is 0. The van der Waals surface area contributed by atoms with E-state index in [1.807, 2.05) is 6.92 Å². The first-order valence-electron chi connectivity index (χ1n) is 9.79. The Labute approximate surface area is 150 Å². The van der Waals surface area contributed by atoms with Gasteiger partial charge in [0, 0.05) is 23.7 Å². The normalized spacial score (nSPS) is 55.0. The van der Waals surface area contributed by atoms with Gasteiger partial charge in [-0.1, -0.05) is 34.1 Å². The zero-order valence-electron chi connectivity index (χ0n) is 15.9. The van der Waals surface area contributed by atoms with Gasteiger partial charge in [0.05, 0.1) is 17.8 Å². The molecule has 0 bridgehead atoms. The summed E-state index contributed by atoms with van der Waals surface area (Å²) in [6, 6.07) is 0. The van der Waals surface area contributed by atoms with Crippen molar-refractivity contribution in [3.05, 3.63) is 0 Å². The van der Waals surface area contributed by atoms with Gasteiger partial charge >= 0.3 is 0 Å². The van der Waals surface area contributed by atoms with Crippen molar-refractivity contribution in [2.75, 3.05) is 6.61 Å². The second-order valence-electron chi connectivity index (χ2n) is 9.95. The highest BCUT2D eigenvalue weighted by molar-refractivity contribution is 5.88. The second kappa shape index (κ2) is 5.28. The molecule has 4 fully saturated rings. The van der Waals surface area contributed by atoms with Gasteiger partial charge in [0.25, 0.3) is 0 Å². The highest BCUT2D eigenvalue weighted by atomic mass is 16.6. The molecular formula is C20H32O5. The summed E-state index contributed by atoms with van der Waals surface area (Å²) in [6.45, 7) is 8.92. The largest absolute Gasteiger partial charge is 0.385 e. The third kappa shape index (κ3) is 2.19. The van der Waals surface area contributed by atoms with Crippen molar-refractivity contribution >= 4 is 5.78 Å². The van der Waals surface area contributed by atoms with E-state index in [-0.39, 0.29) is 28.4 Å². The fourth-order valence-corrected chi connectivity index (χ4v) is 7.02. The molecule has 2 saturated carbocycles. The second-order valence-corrected chi connectivity index (χ2v) is 9.95. The van der Waals surface area contributed by atoms with Crippen LogP contribution in [0.15, 0.2) is 0 Å². The highest BCUT2D eigenvalue weighted by Gasteiger charge is 2.72. The van der Waals surface area contributed by atoms with E-state index in [0.717, 1.165) is 32.1 Å². The zero-order valence-corrected chi connectivity index (χ0v) is 15.9. The number of rotatable bonds is 0. The number of ether oxygens (including phenoxy) is 2. The van der Waals surface area contributed by atoms with E-state index < -0.39 is 23.6 Å². The molecule has 2 saturated heterocycles. The Bertz CT molecular complexity index is 589. The zero-order chi connectivity index (χ0) is 18.3. The minimum atomic E-state index is -0.911. The van der Waals surface area contributed by atoms with Crippen molar-refractivity contribution < 1.29 is 24.5 Å². The summed E-state index contributed by atoms with van der Waals surface area (Å²) in [7, 11) is 0. The summed E-state index contributed by atoms with van der Waals surface area (Å²) in [4.78, 5) is 13.0. The smallest absolute Gasteiger partial charge is 0.167 e. The summed E-state index contributed by atoms with van der Waals surface area (Å²) in [5.74, 6) is -0.511. The van der Waals surface area contributed by atoms with Crippen molar-refractivity contribution in [3.8, 4) is 0 Å². The molecule has 2 aliphatic heterocycles. The van der Waals surface area contributed by atoms with Crippen LogP contribution in [0.1, 0.15) is 66.2 Å². The van der Waals surface area contributed by atoms with Crippen molar-refractivity contribution in [2.24, 2.45) is 22.7 Å². The third-order valence-electron chi connectivity index (χ3n) is 8.18. The first-order chi connectivity index (χ1) is 11.6. The molecule has 2 aliphatic carbocycles. The van der Waals surface area contributed by atoms with Crippen LogP contribution in [0.2, 0.25) is 0 Å². The number of hydrogen-bond acceptors (Lipinski definition) is 5. The topological polar surface area (TPSA) is 76.0 Å². The van der Waals surface area contributed by atoms with Gasteiger partial charge in [-0.2, -0.15) is 0 Å². The first-order valence-corrected chi connectivity index (χ1v) is 9.79. The maximum atomic E-state index is 13.0. The number of hydrogen-bond donors (Lipinski definition) is 2. The predicted molar refractivity (Wildman–Crippen MR) is 91.8 cm³/mol. The Hall–Kier alpha value is -0.490. The molecule has 5 heteroatoms. The van der Waals surface area contributed by atoms with Gasteiger partial charge in [-0.15, -0.1) is 0 Å². The van der Waals surface area contributed by atoms with Crippen LogP contribution in [0.4, 0.5) is 0 Å². The average molecular weight is 352 g/mol. The van der Waals surface area contributed by atoms with Crippen molar-refractivity contribution in [1.29, 1.82) is 0 Å². The van der Waals surface area contributed by atoms with E-state index in [4.69, 9.17) is 9.47 Å². The van der Waals surface area contributed by atoms with Gasteiger partial charge in [-0.3, -0.25) is 4.79 Å². The molecule has 5 nitrogen and oxygen atoms in total. The van der Waals surface area contributed by atoms with Gasteiger partial charge < -0.3 is 19.7 Å². The number of carbonyl (C=O) groups is 1. The van der Waals surface area contributed by atoms with E-state index in [1.54, 1.807) is 0 Å². The van der Waals surface area contributed by atoms with E-state index >= 15 is 0 Å². The maximum Gasteiger partial charge on any atom is 0.167 e. The molecule has 142 valence electrons. The Kier molecular flexibility index (Phi) is 3.78. The molecule has 25 heavy (non-hydrogen) atoms. The molecule has 2 spiro atoms. The molecule has 2 N–H and O–H groups in total. The van der Waals surface area contributed by atoms with Gasteiger partial charge in [0.2, 0.25) is 0 Å². The summed E-state index contributed by atoms with van der Waals surface area (Å²) in [5, 5.41) is 20.8. The molecule has 7 atom stereocenters. The summed E-state index contributed by atoms with van der Waals surface area (Å²) in [6.07, 6.45) is 3.47. The van der Waals surface area contributed by atoms with Crippen LogP contribution >= 0.6 is 0 Å². The quantitative estimate of drug-likeness (QED) is 0.700. The lowest BCUT2D eigenvalue weighted by molar-refractivity contribution is -0.257. The van der Waals surface area contributed by atoms with Crippen molar-refractivity contribution in [1.82, 2.24) is 0 Å². The fourth-order valence-electron chi connectivity index (χ4n) is 7.02. The van der Waals surface area contributed by atoms with E-state index in [0.29, 0.717) is 13.0 Å². The Balaban J connectivity index is 1.79. The van der Waals surface area contributed by atoms with Gasteiger partial charge in [0.1, 0.15) is 6.10 Å². The molecule has 0 radical (unpaired) electrons. The standard InChI is InChI=1S/C20H32O5/c1-12-14(22)15(23)16-17(2,3)6-5-7-18(16,4)20(12)9-8-19(25-20)10-13(21)24-11-19/h12-13,15-16,21,23H,5-11H2,1-4H3. The van der Waals surface area contributed by atoms with E-state index in [2.05, 4.69) is 20.8 Å². The molecule has 0 aromatic carbocycles. The van der Waals surface area contributed by atoms with Crippen LogP contribution in [-0.2, 0) is 14.3 Å². The number of Topliss-reactive ketones (excluding diaryl/α,β-unsaturated/α-hetero) is 1. The third-order valence-corrected chi connectivity index (χ3v) is 8.18. The van der Waals surface area contributed by atoms with Crippen LogP contribution in [-0.4, -0.2) is 46.2 Å². The Morgan fingerprint density at radius 3 is 2.44 bits per heavy atom. The molecular weight excluding hydrogens is 320 g/mol. The van der Waals surface area contributed by atoms with E-state index in [9.17, 15) is 15.0 Å². The molecule has 4 aliphatic rings. The molecule has 2 heterocycles. The summed E-state index contributed by atoms with van der Waals surface area (Å²) in [5.41, 5.74) is -1.40. The first kappa shape index (κ1) is 17.9. The number of fused-ring (bicyclic) bond motifs is 2. The van der Waals surface area contributed by atoms with Crippen LogP contribution in [0.25, 0.3) is 0 Å². The van der Waals surface area contributed by atoms with Crippen molar-refractivity contribution in [3.63, 3.8) is 0 Å². The number of carbonyl (C=O) groups excluding carboxylic acids is 1. The van der Waals surface area contributed by atoms with Gasteiger partial charge in [-0.05, 0) is 31.1 Å². The number of aliphatic hydroxyl groups is 2. The van der Waals surface area contributed by atoms with E-state index in [1.165, 1.54) is 0 Å². The Morgan fingerprint density at radius 2 is 1.80 bits per heavy atom. The minimum absolute atomic E-state index is 0.0750. The highest BCUT2D eigenvalue weighted by Crippen LogP contribution is 2.67. The van der Waals surface area contributed by atoms with Gasteiger partial charge in [0.15, 0.2) is 12.1 Å². The number of ketones is 1. The lowest BCUT2D eigenvalue weighted by Crippen LogP contribution is -2.70. The maximum absolute atomic E-state index is 13.0. The van der Waals surface area contributed by atoms with Gasteiger partial charge in [-0.25, -0.2) is 0 Å². The predicted octanol–water partition coefficient (Wildman–Crippen LogP) is 2.43. The molecule has 4 rings (SSSR count). The lowest BCUT2D eigenvalue weighted by atomic mass is 9.43. The molecule has 0 aromatic heterocycles. The fraction of sp³-hybridized carbons (Fsp3) is 0.950. The minimum Gasteiger partial charge on any atom is -0.385 e. The number of aliphatic hydroxyl groups excluding tert-OH is 2. The van der Waals surface area contributed by atoms with Crippen molar-refractivity contribution in [2.45, 2.75) is 89.8 Å². The Morgan fingerprint density at radius 1 is 1.08 bits per heavy atom. The molecule has 0 amide bonds. The van der Waals surface area contributed by atoms with Crippen LogP contribution in [0.3, 0.4) is 0 Å². The molecule has 7 unspecified atom stereocenters. The SMILES string of the molecule is CC1C(=O)C(O)C2C(C)(C)CCCC2(C)C12CCC1(COC(O)C1)O2. The molecule has 0 aromatic rings. The summed E-state index contributed by atoms with van der Waals surface area (Å²) < 4.78 is 12.2. The monoisotopic (exact) mass is 352 g/mol. The van der Waals surface area contributed by atoms with Crippen LogP contribution in [0.5, 0.6) is 0 Å². The van der Waals surface area contributed by atoms with Crippen LogP contribution < -0.4 is 0 Å².